The van der Waals surface area contributed by atoms with Crippen molar-refractivity contribution in [2.75, 3.05) is 13.1 Å². The van der Waals surface area contributed by atoms with E-state index in [4.69, 9.17) is 11.6 Å². The van der Waals surface area contributed by atoms with Gasteiger partial charge in [-0.2, -0.15) is 0 Å². The average Bonchev–Trinajstić information content (AvgIpc) is 2.82. The Bertz CT molecular complexity index is 413. The second-order valence-electron chi connectivity index (χ2n) is 4.43. The highest BCUT2D eigenvalue weighted by molar-refractivity contribution is 6.33. The van der Waals surface area contributed by atoms with Crippen molar-refractivity contribution in [3.05, 3.63) is 34.6 Å². The first kappa shape index (κ1) is 13.3. The highest BCUT2D eigenvalue weighted by atomic mass is 35.5. The van der Waals surface area contributed by atoms with Crippen molar-refractivity contribution < 1.29 is 9.18 Å². The Balaban J connectivity index is 1.87. The van der Waals surface area contributed by atoms with E-state index in [-0.39, 0.29) is 10.6 Å². The minimum atomic E-state index is -0.584. The molecule has 0 spiro atoms. The molecular weight excluding hydrogens is 255 g/mol. The van der Waals surface area contributed by atoms with Crippen LogP contribution in [0.5, 0.6) is 0 Å². The van der Waals surface area contributed by atoms with Crippen LogP contribution in [0.3, 0.4) is 0 Å². The van der Waals surface area contributed by atoms with Crippen LogP contribution in [0.1, 0.15) is 29.6 Å². The van der Waals surface area contributed by atoms with Gasteiger partial charge >= 0.3 is 0 Å². The molecule has 0 saturated carbocycles. The van der Waals surface area contributed by atoms with Crippen LogP contribution in [0, 0.1) is 5.82 Å². The molecule has 2 rings (SSSR count). The summed E-state index contributed by atoms with van der Waals surface area (Å²) in [7, 11) is 0. The van der Waals surface area contributed by atoms with E-state index >= 15 is 0 Å². The molecule has 1 saturated heterocycles. The molecule has 1 aliphatic rings. The van der Waals surface area contributed by atoms with Gasteiger partial charge in [-0.3, -0.25) is 4.79 Å². The van der Waals surface area contributed by atoms with Crippen LogP contribution in [-0.4, -0.2) is 25.0 Å². The molecule has 1 heterocycles. The topological polar surface area (TPSA) is 41.1 Å². The quantitative estimate of drug-likeness (QED) is 0.882. The minimum absolute atomic E-state index is 0.0708. The molecule has 0 unspecified atom stereocenters. The summed E-state index contributed by atoms with van der Waals surface area (Å²) in [5.74, 6) is -1.03. The fourth-order valence-corrected chi connectivity index (χ4v) is 2.41. The van der Waals surface area contributed by atoms with Crippen LogP contribution in [-0.2, 0) is 0 Å². The third-order valence-corrected chi connectivity index (χ3v) is 3.45. The first-order valence-electron chi connectivity index (χ1n) is 6.14. The molecule has 0 bridgehead atoms. The van der Waals surface area contributed by atoms with E-state index in [1.165, 1.54) is 24.6 Å². The first-order valence-corrected chi connectivity index (χ1v) is 6.52. The molecule has 1 aromatic carbocycles. The standard InChI is InChI=1S/C13H16ClFN2O/c14-10-4-1-5-11(15)12(10)13(18)17-8-6-9-3-2-7-16-9/h1,4-5,9,16H,2-3,6-8H2,(H,17,18)/t9-/m0/s1. The average molecular weight is 271 g/mol. The molecule has 1 fully saturated rings. The number of halogens is 2. The van der Waals surface area contributed by atoms with Crippen LogP contribution in [0.2, 0.25) is 5.02 Å². The highest BCUT2D eigenvalue weighted by Crippen LogP contribution is 2.18. The second-order valence-corrected chi connectivity index (χ2v) is 4.84. The normalized spacial score (nSPS) is 18.9. The number of carbonyl (C=O) groups excluding carboxylic acids is 1. The monoisotopic (exact) mass is 270 g/mol. The van der Waals surface area contributed by atoms with Crippen LogP contribution in [0.15, 0.2) is 18.2 Å². The summed E-state index contributed by atoms with van der Waals surface area (Å²) in [4.78, 5) is 11.8. The Morgan fingerprint density at radius 3 is 3.06 bits per heavy atom. The smallest absolute Gasteiger partial charge is 0.255 e. The zero-order chi connectivity index (χ0) is 13.0. The van der Waals surface area contributed by atoms with Crippen LogP contribution in [0.25, 0.3) is 0 Å². The van der Waals surface area contributed by atoms with Crippen LogP contribution >= 0.6 is 11.6 Å². The lowest BCUT2D eigenvalue weighted by molar-refractivity contribution is 0.0948. The summed E-state index contributed by atoms with van der Waals surface area (Å²) in [6.07, 6.45) is 3.17. The number of amides is 1. The summed E-state index contributed by atoms with van der Waals surface area (Å²) < 4.78 is 13.5. The molecule has 18 heavy (non-hydrogen) atoms. The van der Waals surface area contributed by atoms with Crippen LogP contribution < -0.4 is 10.6 Å². The number of rotatable bonds is 4. The third-order valence-electron chi connectivity index (χ3n) is 3.13. The first-order chi connectivity index (χ1) is 8.68. The molecule has 3 nitrogen and oxygen atoms in total. The lowest BCUT2D eigenvalue weighted by Gasteiger charge is -2.11. The maximum Gasteiger partial charge on any atom is 0.255 e. The number of benzene rings is 1. The van der Waals surface area contributed by atoms with Gasteiger partial charge in [0, 0.05) is 12.6 Å². The molecule has 1 atom stereocenters. The van der Waals surface area contributed by atoms with Crippen molar-refractivity contribution in [1.29, 1.82) is 0 Å². The Labute approximate surface area is 111 Å². The van der Waals surface area contributed by atoms with Crippen molar-refractivity contribution in [3.8, 4) is 0 Å². The number of carbonyl (C=O) groups is 1. The molecule has 98 valence electrons. The predicted octanol–water partition coefficient (Wildman–Crippen LogP) is 2.35. The fraction of sp³-hybridized carbons (Fsp3) is 0.462. The maximum atomic E-state index is 13.5. The highest BCUT2D eigenvalue weighted by Gasteiger charge is 2.17. The van der Waals surface area contributed by atoms with Gasteiger partial charge in [0.15, 0.2) is 0 Å². The largest absolute Gasteiger partial charge is 0.352 e. The van der Waals surface area contributed by atoms with E-state index in [1.807, 2.05) is 0 Å². The molecule has 0 radical (unpaired) electrons. The summed E-state index contributed by atoms with van der Waals surface area (Å²) in [6.45, 7) is 1.57. The van der Waals surface area contributed by atoms with Crippen molar-refractivity contribution in [3.63, 3.8) is 0 Å². The van der Waals surface area contributed by atoms with E-state index in [0.29, 0.717) is 12.6 Å². The Hall–Kier alpha value is -1.13. The lowest BCUT2D eigenvalue weighted by atomic mass is 10.1. The van der Waals surface area contributed by atoms with E-state index in [9.17, 15) is 9.18 Å². The molecule has 1 amide bonds. The summed E-state index contributed by atoms with van der Waals surface area (Å²) in [6, 6.07) is 4.69. The van der Waals surface area contributed by atoms with Crippen molar-refractivity contribution >= 4 is 17.5 Å². The zero-order valence-electron chi connectivity index (χ0n) is 10.0. The van der Waals surface area contributed by atoms with Gasteiger partial charge < -0.3 is 10.6 Å². The molecule has 1 aromatic rings. The summed E-state index contributed by atoms with van der Waals surface area (Å²) in [5, 5.41) is 6.19. The SMILES string of the molecule is O=C(NCC[C@@H]1CCCN1)c1c(F)cccc1Cl. The van der Waals surface area contributed by atoms with Gasteiger partial charge in [-0.05, 0) is 37.9 Å². The molecule has 2 N–H and O–H groups in total. The maximum absolute atomic E-state index is 13.5. The summed E-state index contributed by atoms with van der Waals surface area (Å²) >= 11 is 5.82. The molecule has 5 heteroatoms. The van der Waals surface area contributed by atoms with Crippen molar-refractivity contribution in [1.82, 2.24) is 10.6 Å². The van der Waals surface area contributed by atoms with E-state index in [0.717, 1.165) is 19.4 Å². The van der Waals surface area contributed by atoms with E-state index in [2.05, 4.69) is 10.6 Å². The van der Waals surface area contributed by atoms with Crippen molar-refractivity contribution in [2.24, 2.45) is 0 Å². The molecule has 0 aromatic heterocycles. The lowest BCUT2D eigenvalue weighted by Crippen LogP contribution is -2.31. The van der Waals surface area contributed by atoms with Gasteiger partial charge in [0.25, 0.3) is 5.91 Å². The Morgan fingerprint density at radius 1 is 1.56 bits per heavy atom. The van der Waals surface area contributed by atoms with Crippen LogP contribution in [0.4, 0.5) is 4.39 Å². The third kappa shape index (κ3) is 3.21. The van der Waals surface area contributed by atoms with Gasteiger partial charge in [0.2, 0.25) is 0 Å². The minimum Gasteiger partial charge on any atom is -0.352 e. The van der Waals surface area contributed by atoms with Gasteiger partial charge in [-0.1, -0.05) is 17.7 Å². The number of hydrogen-bond donors (Lipinski definition) is 2. The Morgan fingerprint density at radius 2 is 2.39 bits per heavy atom. The van der Waals surface area contributed by atoms with Gasteiger partial charge in [-0.25, -0.2) is 4.39 Å². The number of hydrogen-bond acceptors (Lipinski definition) is 2. The Kier molecular flexibility index (Phi) is 4.55. The molecule has 1 aliphatic heterocycles. The van der Waals surface area contributed by atoms with E-state index in [1.54, 1.807) is 0 Å². The zero-order valence-corrected chi connectivity index (χ0v) is 10.8. The van der Waals surface area contributed by atoms with Crippen molar-refractivity contribution in [2.45, 2.75) is 25.3 Å². The van der Waals surface area contributed by atoms with Gasteiger partial charge in [0.1, 0.15) is 5.82 Å². The van der Waals surface area contributed by atoms with Gasteiger partial charge in [-0.15, -0.1) is 0 Å². The van der Waals surface area contributed by atoms with E-state index < -0.39 is 11.7 Å². The molecule has 0 aliphatic carbocycles. The number of nitrogens with one attached hydrogen (secondary N) is 2. The van der Waals surface area contributed by atoms with Gasteiger partial charge in [0.05, 0.1) is 10.6 Å². The second kappa shape index (κ2) is 6.16. The molecular formula is C13H16ClFN2O. The summed E-state index contributed by atoms with van der Waals surface area (Å²) in [5.41, 5.74) is -0.0708. The fourth-order valence-electron chi connectivity index (χ4n) is 2.17. The predicted molar refractivity (Wildman–Crippen MR) is 69.4 cm³/mol.